The van der Waals surface area contributed by atoms with Gasteiger partial charge in [0.1, 0.15) is 0 Å². The molecule has 0 radical (unpaired) electrons. The summed E-state index contributed by atoms with van der Waals surface area (Å²) < 4.78 is 26.1. The van der Waals surface area contributed by atoms with E-state index in [0.29, 0.717) is 25.6 Å². The van der Waals surface area contributed by atoms with Crippen LogP contribution in [-0.4, -0.2) is 38.6 Å². The van der Waals surface area contributed by atoms with E-state index >= 15 is 0 Å². The minimum atomic E-state index is -3.08. The van der Waals surface area contributed by atoms with Crippen molar-refractivity contribution in [2.24, 2.45) is 11.7 Å². The minimum Gasteiger partial charge on any atom is -0.330 e. The predicted octanol–water partition coefficient (Wildman–Crippen LogP) is 2.55. The van der Waals surface area contributed by atoms with E-state index in [1.54, 1.807) is 4.31 Å². The molecule has 0 saturated carbocycles. The highest BCUT2D eigenvalue weighted by Gasteiger charge is 2.27. The van der Waals surface area contributed by atoms with Crippen LogP contribution < -0.4 is 5.73 Å². The molecular formula is C15H23BrN2O2S. The Morgan fingerprint density at radius 2 is 2.24 bits per heavy atom. The van der Waals surface area contributed by atoms with Crippen LogP contribution in [0.2, 0.25) is 0 Å². The predicted molar refractivity (Wildman–Crippen MR) is 89.7 cm³/mol. The molecular weight excluding hydrogens is 352 g/mol. The first kappa shape index (κ1) is 16.9. The van der Waals surface area contributed by atoms with Crippen LogP contribution in [0.4, 0.5) is 0 Å². The molecule has 1 aliphatic heterocycles. The Morgan fingerprint density at radius 1 is 1.48 bits per heavy atom. The van der Waals surface area contributed by atoms with Crippen molar-refractivity contribution in [1.82, 2.24) is 4.31 Å². The zero-order chi connectivity index (χ0) is 15.5. The number of nitrogens with two attached hydrogens (primary N) is 1. The van der Waals surface area contributed by atoms with Crippen LogP contribution in [0.5, 0.6) is 0 Å². The molecule has 0 aliphatic carbocycles. The third-order valence-electron chi connectivity index (χ3n) is 4.17. The molecule has 1 aromatic carbocycles. The standard InChI is InChI=1S/C15H23BrN2O2S/c1-21(19,20)18-7-3-4-12(11-18)8-14(10-17)13-5-2-6-15(16)9-13/h2,5-6,9,12,14H,3-4,7-8,10-11,17H2,1H3. The molecule has 6 heteroatoms. The van der Waals surface area contributed by atoms with E-state index in [2.05, 4.69) is 28.1 Å². The van der Waals surface area contributed by atoms with Gasteiger partial charge >= 0.3 is 0 Å². The van der Waals surface area contributed by atoms with Gasteiger partial charge in [-0.1, -0.05) is 28.1 Å². The van der Waals surface area contributed by atoms with Crippen molar-refractivity contribution in [1.29, 1.82) is 0 Å². The van der Waals surface area contributed by atoms with Crippen molar-refractivity contribution in [2.45, 2.75) is 25.2 Å². The molecule has 1 aromatic rings. The average molecular weight is 375 g/mol. The SMILES string of the molecule is CS(=O)(=O)N1CCCC(CC(CN)c2cccc(Br)c2)C1. The van der Waals surface area contributed by atoms with Gasteiger partial charge in [0.2, 0.25) is 10.0 Å². The maximum absolute atomic E-state index is 11.7. The lowest BCUT2D eigenvalue weighted by Gasteiger charge is -2.33. The molecule has 21 heavy (non-hydrogen) atoms. The lowest BCUT2D eigenvalue weighted by molar-refractivity contribution is 0.247. The molecule has 1 saturated heterocycles. The summed E-state index contributed by atoms with van der Waals surface area (Å²) in [5.74, 6) is 0.674. The number of hydrogen-bond donors (Lipinski definition) is 1. The van der Waals surface area contributed by atoms with Gasteiger partial charge in [-0.15, -0.1) is 0 Å². The van der Waals surface area contributed by atoms with Crippen molar-refractivity contribution in [3.05, 3.63) is 34.3 Å². The van der Waals surface area contributed by atoms with Gasteiger partial charge in [0.15, 0.2) is 0 Å². The van der Waals surface area contributed by atoms with E-state index in [9.17, 15) is 8.42 Å². The summed E-state index contributed by atoms with van der Waals surface area (Å²) in [6.07, 6.45) is 4.26. The van der Waals surface area contributed by atoms with Gasteiger partial charge in [-0.2, -0.15) is 0 Å². The topological polar surface area (TPSA) is 63.4 Å². The highest BCUT2D eigenvalue weighted by atomic mass is 79.9. The molecule has 2 N–H and O–H groups in total. The second-order valence-corrected chi connectivity index (χ2v) is 8.75. The van der Waals surface area contributed by atoms with Gasteiger partial charge in [0, 0.05) is 17.6 Å². The first-order valence-corrected chi connectivity index (χ1v) is 9.95. The third-order valence-corrected chi connectivity index (χ3v) is 5.94. The summed E-state index contributed by atoms with van der Waals surface area (Å²) in [6.45, 7) is 1.87. The molecule has 118 valence electrons. The fourth-order valence-corrected chi connectivity index (χ4v) is 4.41. The van der Waals surface area contributed by atoms with Gasteiger partial charge in [-0.25, -0.2) is 12.7 Å². The van der Waals surface area contributed by atoms with E-state index in [1.165, 1.54) is 11.8 Å². The second kappa shape index (κ2) is 7.22. The Kier molecular flexibility index (Phi) is 5.82. The molecule has 0 aromatic heterocycles. The van der Waals surface area contributed by atoms with E-state index in [4.69, 9.17) is 5.73 Å². The highest BCUT2D eigenvalue weighted by Crippen LogP contribution is 2.30. The van der Waals surface area contributed by atoms with Crippen LogP contribution in [0.25, 0.3) is 0 Å². The number of benzene rings is 1. The monoisotopic (exact) mass is 374 g/mol. The lowest BCUT2D eigenvalue weighted by atomic mass is 9.85. The molecule has 0 spiro atoms. The Morgan fingerprint density at radius 3 is 2.86 bits per heavy atom. The molecule has 2 rings (SSSR count). The van der Waals surface area contributed by atoms with Gasteiger partial charge in [0.25, 0.3) is 0 Å². The van der Waals surface area contributed by atoms with Crippen LogP contribution in [0.1, 0.15) is 30.7 Å². The summed E-state index contributed by atoms with van der Waals surface area (Å²) in [6, 6.07) is 8.23. The maximum atomic E-state index is 11.7. The van der Waals surface area contributed by atoms with E-state index in [-0.39, 0.29) is 5.92 Å². The van der Waals surface area contributed by atoms with Crippen molar-refractivity contribution < 1.29 is 8.42 Å². The molecule has 0 bridgehead atoms. The van der Waals surface area contributed by atoms with Crippen LogP contribution in [0.3, 0.4) is 0 Å². The molecule has 2 atom stereocenters. The molecule has 1 fully saturated rings. The van der Waals surface area contributed by atoms with Crippen molar-refractivity contribution in [2.75, 3.05) is 25.9 Å². The van der Waals surface area contributed by atoms with Gasteiger partial charge in [0.05, 0.1) is 6.26 Å². The van der Waals surface area contributed by atoms with Crippen LogP contribution in [0, 0.1) is 5.92 Å². The highest BCUT2D eigenvalue weighted by molar-refractivity contribution is 9.10. The first-order chi connectivity index (χ1) is 9.90. The van der Waals surface area contributed by atoms with Crippen LogP contribution in [-0.2, 0) is 10.0 Å². The second-order valence-electron chi connectivity index (χ2n) is 5.85. The van der Waals surface area contributed by atoms with Gasteiger partial charge in [-0.05, 0) is 55.3 Å². The zero-order valence-electron chi connectivity index (χ0n) is 12.3. The Hall–Kier alpha value is -0.430. The minimum absolute atomic E-state index is 0.284. The smallest absolute Gasteiger partial charge is 0.211 e. The van der Waals surface area contributed by atoms with Gasteiger partial charge < -0.3 is 5.73 Å². The van der Waals surface area contributed by atoms with Crippen LogP contribution in [0.15, 0.2) is 28.7 Å². The summed E-state index contributed by atoms with van der Waals surface area (Å²) in [7, 11) is -3.08. The lowest BCUT2D eigenvalue weighted by Crippen LogP contribution is -2.39. The van der Waals surface area contributed by atoms with E-state index in [1.807, 2.05) is 12.1 Å². The fraction of sp³-hybridized carbons (Fsp3) is 0.600. The number of nitrogens with zero attached hydrogens (tertiary/aromatic N) is 1. The number of halogens is 1. The number of piperidine rings is 1. The molecule has 0 amide bonds. The largest absolute Gasteiger partial charge is 0.330 e. The van der Waals surface area contributed by atoms with E-state index < -0.39 is 10.0 Å². The van der Waals surface area contributed by atoms with Crippen molar-refractivity contribution >= 4 is 26.0 Å². The number of hydrogen-bond acceptors (Lipinski definition) is 3. The third kappa shape index (κ3) is 4.77. The molecule has 1 aliphatic rings. The normalized spacial score (nSPS) is 22.1. The van der Waals surface area contributed by atoms with Crippen molar-refractivity contribution in [3.63, 3.8) is 0 Å². The maximum Gasteiger partial charge on any atom is 0.211 e. The summed E-state index contributed by atoms with van der Waals surface area (Å²) in [4.78, 5) is 0. The Bertz CT molecular complexity index is 577. The van der Waals surface area contributed by atoms with E-state index in [0.717, 1.165) is 23.7 Å². The number of sulfonamides is 1. The Labute approximate surface area is 135 Å². The molecule has 2 unspecified atom stereocenters. The average Bonchev–Trinajstić information content (AvgIpc) is 2.44. The summed E-state index contributed by atoms with van der Waals surface area (Å²) >= 11 is 3.49. The molecule has 4 nitrogen and oxygen atoms in total. The first-order valence-electron chi connectivity index (χ1n) is 7.31. The summed E-state index contributed by atoms with van der Waals surface area (Å²) in [5.41, 5.74) is 7.17. The molecule has 1 heterocycles. The fourth-order valence-electron chi connectivity index (χ4n) is 3.05. The summed E-state index contributed by atoms with van der Waals surface area (Å²) in [5, 5.41) is 0. The zero-order valence-corrected chi connectivity index (χ0v) is 14.7. The quantitative estimate of drug-likeness (QED) is 0.860. The van der Waals surface area contributed by atoms with Crippen LogP contribution >= 0.6 is 15.9 Å². The Balaban J connectivity index is 2.05. The van der Waals surface area contributed by atoms with Gasteiger partial charge in [-0.3, -0.25) is 0 Å². The number of rotatable bonds is 5. The van der Waals surface area contributed by atoms with Crippen molar-refractivity contribution in [3.8, 4) is 0 Å².